The van der Waals surface area contributed by atoms with E-state index in [2.05, 4.69) is 20.1 Å². The Balaban J connectivity index is 1.33. The van der Waals surface area contributed by atoms with Crippen molar-refractivity contribution in [2.24, 2.45) is 5.92 Å². The molecular formula is C28H23F3N8O2. The molecule has 0 radical (unpaired) electrons. The number of pyridine rings is 1. The number of likely N-dealkylation sites (tertiary alicyclic amines) is 1. The third-order valence-electron chi connectivity index (χ3n) is 7.13. The van der Waals surface area contributed by atoms with E-state index in [1.54, 1.807) is 15.7 Å². The second-order valence-corrected chi connectivity index (χ2v) is 9.97. The van der Waals surface area contributed by atoms with Crippen LogP contribution < -0.4 is 10.5 Å². The molecule has 1 aliphatic heterocycles. The lowest BCUT2D eigenvalue weighted by Crippen LogP contribution is -2.41. The van der Waals surface area contributed by atoms with Gasteiger partial charge in [-0.3, -0.25) is 4.79 Å². The molecule has 1 amide bonds. The van der Waals surface area contributed by atoms with Gasteiger partial charge in [0.05, 0.1) is 17.0 Å². The number of allylic oxidation sites excluding steroid dienone is 1. The summed E-state index contributed by atoms with van der Waals surface area (Å²) in [5.41, 5.74) is 6.76. The smallest absolute Gasteiger partial charge is 0.264 e. The normalized spacial score (nSPS) is 17.5. The topological polar surface area (TPSA) is 136 Å². The first-order chi connectivity index (χ1) is 19.8. The van der Waals surface area contributed by atoms with Crippen LogP contribution in [0.5, 0.6) is 11.6 Å². The number of nitrogens with two attached hydrogens (primary N) is 1. The number of piperidine rings is 1. The molecule has 4 heterocycles. The lowest BCUT2D eigenvalue weighted by Gasteiger charge is -2.32. The summed E-state index contributed by atoms with van der Waals surface area (Å²) in [5, 5.41) is 14.5. The van der Waals surface area contributed by atoms with Crippen LogP contribution in [0.4, 0.5) is 19.0 Å². The van der Waals surface area contributed by atoms with E-state index in [4.69, 9.17) is 10.5 Å². The fraction of sp³-hybridized carbons (Fsp3) is 0.286. The summed E-state index contributed by atoms with van der Waals surface area (Å²) in [6.07, 6.45) is 6.29. The molecule has 13 heteroatoms. The number of hydrogen-bond donors (Lipinski definition) is 1. The average molecular weight is 561 g/mol. The van der Waals surface area contributed by atoms with Gasteiger partial charge in [0, 0.05) is 19.2 Å². The highest BCUT2D eigenvalue weighted by Gasteiger charge is 2.31. The van der Waals surface area contributed by atoms with Gasteiger partial charge in [0.1, 0.15) is 29.5 Å². The molecule has 4 aromatic rings. The molecule has 1 aliphatic carbocycles. The fourth-order valence-corrected chi connectivity index (χ4v) is 4.93. The second kappa shape index (κ2) is 10.5. The van der Waals surface area contributed by atoms with Gasteiger partial charge in [-0.25, -0.2) is 19.0 Å². The molecule has 2 aliphatic rings. The zero-order valence-electron chi connectivity index (χ0n) is 21.6. The summed E-state index contributed by atoms with van der Waals surface area (Å²) >= 11 is 0. The molecular weight excluding hydrogens is 537 g/mol. The van der Waals surface area contributed by atoms with E-state index in [9.17, 15) is 18.8 Å². The number of aromatic nitrogens is 5. The summed E-state index contributed by atoms with van der Waals surface area (Å²) in [5.74, 6) is -4.04. The van der Waals surface area contributed by atoms with Gasteiger partial charge in [0.15, 0.2) is 17.2 Å². The number of ether oxygens (including phenoxy) is 1. The van der Waals surface area contributed by atoms with Crippen LogP contribution in [0, 0.1) is 34.8 Å². The van der Waals surface area contributed by atoms with Crippen LogP contribution in [0.1, 0.15) is 31.7 Å². The van der Waals surface area contributed by atoms with Crippen LogP contribution >= 0.6 is 0 Å². The van der Waals surface area contributed by atoms with Crippen LogP contribution in [0.2, 0.25) is 0 Å². The molecule has 208 valence electrons. The van der Waals surface area contributed by atoms with E-state index in [0.717, 1.165) is 18.9 Å². The van der Waals surface area contributed by atoms with Crippen molar-refractivity contribution in [2.45, 2.75) is 31.7 Å². The predicted molar refractivity (Wildman–Crippen MR) is 141 cm³/mol. The SMILES string of the molecule is N#CC(=CC1CC1)C(=O)N1CCCC(n2nc(-c3ccc(Oc4cccc(F)c4F)nc3F)c3c(N)ncnc32)C1. The van der Waals surface area contributed by atoms with Crippen molar-refractivity contribution in [2.75, 3.05) is 18.8 Å². The molecule has 10 nitrogen and oxygen atoms in total. The first-order valence-corrected chi connectivity index (χ1v) is 13.0. The number of carbonyl (C=O) groups is 1. The van der Waals surface area contributed by atoms with E-state index in [1.165, 1.54) is 30.6 Å². The number of fused-ring (bicyclic) bond motifs is 1. The molecule has 0 spiro atoms. The summed E-state index contributed by atoms with van der Waals surface area (Å²) in [4.78, 5) is 26.9. The number of nitrogens with zero attached hydrogens (tertiary/aromatic N) is 7. The van der Waals surface area contributed by atoms with E-state index < -0.39 is 23.3 Å². The molecule has 1 unspecified atom stereocenters. The van der Waals surface area contributed by atoms with Gasteiger partial charge in [-0.2, -0.15) is 24.1 Å². The number of nitriles is 1. The molecule has 0 bridgehead atoms. The molecule has 1 saturated heterocycles. The highest BCUT2D eigenvalue weighted by molar-refractivity contribution is 5.99. The molecule has 3 aromatic heterocycles. The van der Waals surface area contributed by atoms with Crippen molar-refractivity contribution in [3.8, 4) is 29.0 Å². The van der Waals surface area contributed by atoms with Crippen molar-refractivity contribution in [3.63, 3.8) is 0 Å². The largest absolute Gasteiger partial charge is 0.436 e. The molecule has 6 rings (SSSR count). The second-order valence-electron chi connectivity index (χ2n) is 9.97. The van der Waals surface area contributed by atoms with Gasteiger partial charge in [0.2, 0.25) is 17.6 Å². The number of carbonyl (C=O) groups excluding carboxylic acids is 1. The minimum atomic E-state index is -1.22. The summed E-state index contributed by atoms with van der Waals surface area (Å²) in [6.45, 7) is 0.767. The lowest BCUT2D eigenvalue weighted by molar-refractivity contribution is -0.128. The molecule has 1 atom stereocenters. The van der Waals surface area contributed by atoms with E-state index >= 15 is 4.39 Å². The first-order valence-electron chi connectivity index (χ1n) is 13.0. The van der Waals surface area contributed by atoms with Crippen LogP contribution in [-0.2, 0) is 4.79 Å². The van der Waals surface area contributed by atoms with Crippen LogP contribution in [-0.4, -0.2) is 48.6 Å². The maximum absolute atomic E-state index is 15.4. The molecule has 1 saturated carbocycles. The number of nitrogen functional groups attached to an aromatic ring is 1. The van der Waals surface area contributed by atoms with Crippen molar-refractivity contribution >= 4 is 22.8 Å². The minimum absolute atomic E-state index is 0.0369. The Hall–Kier alpha value is -4.99. The predicted octanol–water partition coefficient (Wildman–Crippen LogP) is 4.70. The Kier molecular flexibility index (Phi) is 6.74. The van der Waals surface area contributed by atoms with Crippen molar-refractivity contribution in [1.29, 1.82) is 5.26 Å². The Morgan fingerprint density at radius 2 is 1.98 bits per heavy atom. The molecule has 2 N–H and O–H groups in total. The number of rotatable bonds is 6. The molecule has 2 fully saturated rings. The number of hydrogen-bond acceptors (Lipinski definition) is 8. The summed E-state index contributed by atoms with van der Waals surface area (Å²) < 4.78 is 49.8. The van der Waals surface area contributed by atoms with Gasteiger partial charge >= 0.3 is 0 Å². The first kappa shape index (κ1) is 26.2. The van der Waals surface area contributed by atoms with E-state index in [0.29, 0.717) is 30.4 Å². The van der Waals surface area contributed by atoms with Crippen molar-refractivity contribution in [1.82, 2.24) is 29.6 Å². The van der Waals surface area contributed by atoms with E-state index in [-0.39, 0.29) is 52.9 Å². The minimum Gasteiger partial charge on any atom is -0.436 e. The van der Waals surface area contributed by atoms with Gasteiger partial charge < -0.3 is 15.4 Å². The van der Waals surface area contributed by atoms with E-state index in [1.807, 2.05) is 6.07 Å². The van der Waals surface area contributed by atoms with Crippen molar-refractivity contribution < 1.29 is 22.7 Å². The maximum atomic E-state index is 15.4. The zero-order chi connectivity index (χ0) is 28.7. The Morgan fingerprint density at radius 3 is 2.73 bits per heavy atom. The number of benzene rings is 1. The number of amides is 1. The lowest BCUT2D eigenvalue weighted by atomic mass is 10.0. The third kappa shape index (κ3) is 5.04. The van der Waals surface area contributed by atoms with Gasteiger partial charge in [0.25, 0.3) is 5.91 Å². The van der Waals surface area contributed by atoms with Gasteiger partial charge in [-0.1, -0.05) is 12.1 Å². The monoisotopic (exact) mass is 560 g/mol. The Bertz CT molecular complexity index is 1740. The van der Waals surface area contributed by atoms with Gasteiger partial charge in [-0.05, 0) is 49.8 Å². The van der Waals surface area contributed by atoms with Crippen LogP contribution in [0.25, 0.3) is 22.3 Å². The Labute approximate surface area is 231 Å². The highest BCUT2D eigenvalue weighted by Crippen LogP contribution is 2.36. The zero-order valence-corrected chi connectivity index (χ0v) is 21.6. The fourth-order valence-electron chi connectivity index (χ4n) is 4.93. The average Bonchev–Trinajstić information content (AvgIpc) is 3.71. The van der Waals surface area contributed by atoms with Crippen molar-refractivity contribution in [3.05, 3.63) is 65.9 Å². The molecule has 1 aromatic carbocycles. The summed E-state index contributed by atoms with van der Waals surface area (Å²) in [6, 6.07) is 7.72. The maximum Gasteiger partial charge on any atom is 0.264 e. The molecule has 41 heavy (non-hydrogen) atoms. The summed E-state index contributed by atoms with van der Waals surface area (Å²) in [7, 11) is 0. The van der Waals surface area contributed by atoms with Crippen LogP contribution in [0.3, 0.4) is 0 Å². The number of anilines is 1. The van der Waals surface area contributed by atoms with Crippen LogP contribution in [0.15, 0.2) is 48.3 Å². The third-order valence-corrected chi connectivity index (χ3v) is 7.13. The standard InChI is InChI=1S/C28H23F3N8O2/c29-19-4-1-5-20(23(19)30)41-21-9-8-18(25(31)36-21)24-22-26(33)34-14-35-27(22)39(37-24)17-3-2-10-38(13-17)28(40)16(12-32)11-15-6-7-15/h1,4-5,8-9,11,14-15,17H,2-3,6-7,10,13H2,(H2,33,34,35). The van der Waals surface area contributed by atoms with Gasteiger partial charge in [-0.15, -0.1) is 0 Å². The quantitative estimate of drug-likeness (QED) is 0.204. The number of halogens is 3. The highest BCUT2D eigenvalue weighted by atomic mass is 19.2. The Morgan fingerprint density at radius 1 is 1.15 bits per heavy atom.